The number of piperazine rings is 1. The van der Waals surface area contributed by atoms with Crippen LogP contribution in [0.15, 0.2) is 59.8 Å². The van der Waals surface area contributed by atoms with E-state index in [2.05, 4.69) is 37.7 Å². The van der Waals surface area contributed by atoms with Gasteiger partial charge in [0.15, 0.2) is 10.8 Å². The lowest BCUT2D eigenvalue weighted by atomic mass is 10.2. The molecule has 0 aliphatic carbocycles. The van der Waals surface area contributed by atoms with Gasteiger partial charge in [-0.05, 0) is 48.7 Å². The van der Waals surface area contributed by atoms with Crippen molar-refractivity contribution < 1.29 is 8.78 Å². The van der Waals surface area contributed by atoms with Gasteiger partial charge in [0.25, 0.3) is 0 Å². The number of fused-ring (bicyclic) bond motifs is 3. The van der Waals surface area contributed by atoms with Gasteiger partial charge < -0.3 is 4.90 Å². The molecule has 2 aromatic carbocycles. The molecule has 5 rings (SSSR count). The fourth-order valence-electron chi connectivity index (χ4n) is 4.11. The molecule has 0 spiro atoms. The Labute approximate surface area is 183 Å². The van der Waals surface area contributed by atoms with Crippen LogP contribution in [0.5, 0.6) is 0 Å². The third-order valence-electron chi connectivity index (χ3n) is 5.72. The summed E-state index contributed by atoms with van der Waals surface area (Å²) >= 11 is 1.73. The van der Waals surface area contributed by atoms with Crippen molar-refractivity contribution >= 4 is 34.0 Å². The van der Waals surface area contributed by atoms with Gasteiger partial charge >= 0.3 is 0 Å². The van der Waals surface area contributed by atoms with Crippen molar-refractivity contribution in [1.29, 1.82) is 0 Å². The lowest BCUT2D eigenvalue weighted by Crippen LogP contribution is -2.47. The highest BCUT2D eigenvalue weighted by atomic mass is 32.2. The van der Waals surface area contributed by atoms with E-state index >= 15 is 0 Å². The van der Waals surface area contributed by atoms with Crippen LogP contribution in [-0.4, -0.2) is 58.0 Å². The number of pyridine rings is 1. The Balaban J connectivity index is 1.14. The normalized spacial score (nSPS) is 15.2. The second-order valence-corrected chi connectivity index (χ2v) is 8.76. The van der Waals surface area contributed by atoms with E-state index in [0.29, 0.717) is 5.69 Å². The zero-order valence-electron chi connectivity index (χ0n) is 17.0. The van der Waals surface area contributed by atoms with E-state index in [9.17, 15) is 8.78 Å². The molecule has 0 radical (unpaired) electrons. The lowest BCUT2D eigenvalue weighted by Gasteiger charge is -2.36. The molecule has 1 fully saturated rings. The Kier molecular flexibility index (Phi) is 5.74. The van der Waals surface area contributed by atoms with Crippen molar-refractivity contribution in [3.63, 3.8) is 0 Å². The maximum absolute atomic E-state index is 14.0. The van der Waals surface area contributed by atoms with E-state index in [0.717, 1.165) is 67.3 Å². The number of halogens is 2. The van der Waals surface area contributed by atoms with Gasteiger partial charge in [-0.15, -0.1) is 10.2 Å². The number of rotatable bonds is 6. The molecule has 5 nitrogen and oxygen atoms in total. The van der Waals surface area contributed by atoms with Crippen molar-refractivity contribution in [2.45, 2.75) is 11.6 Å². The molecular weight excluding hydrogens is 416 g/mol. The number of anilines is 1. The van der Waals surface area contributed by atoms with Crippen LogP contribution in [0.25, 0.3) is 16.6 Å². The number of aromatic nitrogens is 3. The molecule has 1 aliphatic heterocycles. The third kappa shape index (κ3) is 4.22. The molecule has 3 heterocycles. The van der Waals surface area contributed by atoms with Crippen molar-refractivity contribution in [3.8, 4) is 0 Å². The number of hydrogen-bond acceptors (Lipinski definition) is 5. The van der Waals surface area contributed by atoms with E-state index < -0.39 is 11.6 Å². The standard InChI is InChI=1S/C23H23F2N5S/c24-18-7-8-21(19(25)16-18)29-13-11-28(12-14-29)10-3-15-31-23-27-26-22-9-6-17-4-1-2-5-20(17)30(22)23/h1-2,4-9,16H,3,10-15H2. The van der Waals surface area contributed by atoms with Crippen LogP contribution in [0.3, 0.4) is 0 Å². The van der Waals surface area contributed by atoms with Gasteiger partial charge in [0, 0.05) is 38.0 Å². The minimum Gasteiger partial charge on any atom is -0.367 e. The maximum atomic E-state index is 14.0. The molecule has 0 N–H and O–H groups in total. The molecule has 160 valence electrons. The van der Waals surface area contributed by atoms with Crippen LogP contribution in [-0.2, 0) is 0 Å². The predicted octanol–water partition coefficient (Wildman–Crippen LogP) is 4.47. The number of benzene rings is 2. The van der Waals surface area contributed by atoms with E-state index in [1.54, 1.807) is 11.8 Å². The SMILES string of the molecule is Fc1ccc(N2CCN(CCCSc3nnc4ccc5ccccc5n34)CC2)c(F)c1. The summed E-state index contributed by atoms with van der Waals surface area (Å²) in [5.74, 6) is -0.0691. The van der Waals surface area contributed by atoms with E-state index in [1.165, 1.54) is 17.5 Å². The summed E-state index contributed by atoms with van der Waals surface area (Å²) in [6, 6.07) is 16.1. The van der Waals surface area contributed by atoms with Gasteiger partial charge in [-0.1, -0.05) is 30.0 Å². The highest BCUT2D eigenvalue weighted by molar-refractivity contribution is 7.99. The summed E-state index contributed by atoms with van der Waals surface area (Å²) in [6.45, 7) is 4.23. The molecule has 0 amide bonds. The fourth-order valence-corrected chi connectivity index (χ4v) is 4.98. The Morgan fingerprint density at radius 2 is 1.74 bits per heavy atom. The first-order valence-electron chi connectivity index (χ1n) is 10.5. The minimum atomic E-state index is -0.536. The van der Waals surface area contributed by atoms with Gasteiger partial charge in [0.05, 0.1) is 11.2 Å². The first kappa shape index (κ1) is 20.2. The van der Waals surface area contributed by atoms with Crippen LogP contribution in [0, 0.1) is 11.6 Å². The molecule has 4 aromatic rings. The van der Waals surface area contributed by atoms with Crippen molar-refractivity contribution in [2.75, 3.05) is 43.4 Å². The first-order chi connectivity index (χ1) is 15.2. The molecule has 0 unspecified atom stereocenters. The first-order valence-corrected chi connectivity index (χ1v) is 11.5. The monoisotopic (exact) mass is 439 g/mol. The number of hydrogen-bond donors (Lipinski definition) is 0. The molecule has 1 aliphatic rings. The van der Waals surface area contributed by atoms with Crippen molar-refractivity contribution in [2.24, 2.45) is 0 Å². The predicted molar refractivity (Wildman–Crippen MR) is 121 cm³/mol. The quantitative estimate of drug-likeness (QED) is 0.327. The van der Waals surface area contributed by atoms with E-state index in [1.807, 2.05) is 23.1 Å². The van der Waals surface area contributed by atoms with E-state index in [4.69, 9.17) is 0 Å². The molecule has 0 saturated carbocycles. The molecule has 1 saturated heterocycles. The van der Waals surface area contributed by atoms with Crippen LogP contribution in [0.1, 0.15) is 6.42 Å². The summed E-state index contributed by atoms with van der Waals surface area (Å²) in [6.07, 6.45) is 1.04. The average Bonchev–Trinajstić information content (AvgIpc) is 3.21. The molecule has 2 aromatic heterocycles. The van der Waals surface area contributed by atoms with Gasteiger partial charge in [-0.25, -0.2) is 8.78 Å². The summed E-state index contributed by atoms with van der Waals surface area (Å²) in [5.41, 5.74) is 2.48. The topological polar surface area (TPSA) is 36.7 Å². The molecular formula is C23H23F2N5S. The third-order valence-corrected chi connectivity index (χ3v) is 6.74. The van der Waals surface area contributed by atoms with Crippen molar-refractivity contribution in [1.82, 2.24) is 19.5 Å². The van der Waals surface area contributed by atoms with Crippen LogP contribution < -0.4 is 4.90 Å². The van der Waals surface area contributed by atoms with E-state index in [-0.39, 0.29) is 0 Å². The number of thioether (sulfide) groups is 1. The van der Waals surface area contributed by atoms with Crippen LogP contribution in [0.2, 0.25) is 0 Å². The lowest BCUT2D eigenvalue weighted by molar-refractivity contribution is 0.258. The summed E-state index contributed by atoms with van der Waals surface area (Å²) in [4.78, 5) is 4.39. The van der Waals surface area contributed by atoms with Gasteiger partial charge in [0.1, 0.15) is 11.6 Å². The van der Waals surface area contributed by atoms with Gasteiger partial charge in [-0.3, -0.25) is 9.30 Å². The zero-order valence-corrected chi connectivity index (χ0v) is 17.9. The van der Waals surface area contributed by atoms with Gasteiger partial charge in [-0.2, -0.15) is 0 Å². The maximum Gasteiger partial charge on any atom is 0.196 e. The summed E-state index contributed by atoms with van der Waals surface area (Å²) in [7, 11) is 0. The minimum absolute atomic E-state index is 0.488. The van der Waals surface area contributed by atoms with Crippen molar-refractivity contribution in [3.05, 3.63) is 66.2 Å². The fraction of sp³-hybridized carbons (Fsp3) is 0.304. The second-order valence-electron chi connectivity index (χ2n) is 7.69. The van der Waals surface area contributed by atoms with Crippen LogP contribution in [0.4, 0.5) is 14.5 Å². The Bertz CT molecular complexity index is 1200. The van der Waals surface area contributed by atoms with Gasteiger partial charge in [0.2, 0.25) is 0 Å². The highest BCUT2D eigenvalue weighted by Gasteiger charge is 2.19. The Hall–Kier alpha value is -2.71. The smallest absolute Gasteiger partial charge is 0.196 e. The molecule has 0 atom stereocenters. The summed E-state index contributed by atoms with van der Waals surface area (Å²) in [5, 5.41) is 10.8. The van der Waals surface area contributed by atoms with Crippen LogP contribution >= 0.6 is 11.8 Å². The molecule has 0 bridgehead atoms. The molecule has 8 heteroatoms. The number of para-hydroxylation sites is 1. The molecule has 31 heavy (non-hydrogen) atoms. The average molecular weight is 440 g/mol. The second kappa shape index (κ2) is 8.80. The number of nitrogens with zero attached hydrogens (tertiary/aromatic N) is 5. The Morgan fingerprint density at radius 1 is 0.903 bits per heavy atom. The highest BCUT2D eigenvalue weighted by Crippen LogP contribution is 2.24. The summed E-state index contributed by atoms with van der Waals surface area (Å²) < 4.78 is 29.3. The zero-order chi connectivity index (χ0) is 21.2. The largest absolute Gasteiger partial charge is 0.367 e. The Morgan fingerprint density at radius 3 is 2.58 bits per heavy atom.